The van der Waals surface area contributed by atoms with Gasteiger partial charge in [0.25, 0.3) is 0 Å². The molecule has 2 amide bonds. The van der Waals surface area contributed by atoms with Crippen LogP contribution >= 0.6 is 11.3 Å². The molecule has 3 fully saturated rings. The predicted molar refractivity (Wildman–Crippen MR) is 99.1 cm³/mol. The van der Waals surface area contributed by atoms with E-state index in [0.29, 0.717) is 37.6 Å². The highest BCUT2D eigenvalue weighted by Gasteiger charge is 2.41. The highest BCUT2D eigenvalue weighted by atomic mass is 32.1. The Morgan fingerprint density at radius 1 is 1.40 bits per heavy atom. The number of nitrogen functional groups attached to an aromatic ring is 1. The van der Waals surface area contributed by atoms with Crippen LogP contribution in [0.5, 0.6) is 0 Å². The molecule has 0 aliphatic carbocycles. The molecule has 4 heterocycles. The van der Waals surface area contributed by atoms with E-state index in [1.807, 2.05) is 29.0 Å². The molecule has 25 heavy (non-hydrogen) atoms. The molecular formula is C18H26N4O2S. The smallest absolute Gasteiger partial charge is 0.228 e. The fourth-order valence-corrected chi connectivity index (χ4v) is 4.19. The van der Waals surface area contributed by atoms with Gasteiger partial charge in [-0.25, -0.2) is 4.98 Å². The molecule has 2 bridgehead atoms. The summed E-state index contributed by atoms with van der Waals surface area (Å²) >= 11 is 1.40. The van der Waals surface area contributed by atoms with Crippen LogP contribution in [0.15, 0.2) is 17.0 Å². The number of carbonyl (C=O) groups excluding carboxylic acids is 2. The number of allylic oxidation sites excluding steroid dienone is 1. The Bertz CT molecular complexity index is 680. The van der Waals surface area contributed by atoms with Crippen LogP contribution in [0, 0.1) is 5.92 Å². The molecule has 3 aliphatic heterocycles. The van der Waals surface area contributed by atoms with Crippen LogP contribution in [0.2, 0.25) is 0 Å². The molecule has 4 rings (SSSR count). The van der Waals surface area contributed by atoms with E-state index in [0.717, 1.165) is 18.5 Å². The van der Waals surface area contributed by atoms with Crippen LogP contribution in [0.1, 0.15) is 38.8 Å². The van der Waals surface area contributed by atoms with Crippen molar-refractivity contribution in [3.63, 3.8) is 0 Å². The maximum absolute atomic E-state index is 12.7. The standard InChI is InChI=1S/C18H26N4O2S/c1-12(2)7-8-22-15-5-3-13(17(22)24)9-21(10-15)16(23)6-4-14-11-25-18(19)20-14/h7,11,13,15H,3-6,8-10H2,1-2H3,(H2,19,20)/t13-,15+/m1/s1. The molecule has 6 nitrogen and oxygen atoms in total. The number of thiazole rings is 1. The molecule has 2 atom stereocenters. The SMILES string of the molecule is CC(C)=CCN1C(=O)[C@@H]2CC[C@H]1CN(C(=O)CCc1csc(N)n1)C2. The number of aromatic nitrogens is 1. The number of nitrogens with two attached hydrogens (primary N) is 1. The van der Waals surface area contributed by atoms with Gasteiger partial charge in [0.1, 0.15) is 0 Å². The van der Waals surface area contributed by atoms with Crippen molar-refractivity contribution in [1.82, 2.24) is 14.8 Å². The van der Waals surface area contributed by atoms with Gasteiger partial charge in [0, 0.05) is 37.5 Å². The van der Waals surface area contributed by atoms with Crippen LogP contribution in [0.3, 0.4) is 0 Å². The Kier molecular flexibility index (Phi) is 5.42. The van der Waals surface area contributed by atoms with Gasteiger partial charge in [-0.2, -0.15) is 0 Å². The molecule has 7 heteroatoms. The lowest BCUT2D eigenvalue weighted by Crippen LogP contribution is -2.48. The fourth-order valence-electron chi connectivity index (χ4n) is 3.60. The first-order chi connectivity index (χ1) is 11.9. The second kappa shape index (κ2) is 7.56. The van der Waals surface area contributed by atoms with E-state index in [4.69, 9.17) is 5.73 Å². The number of fused-ring (bicyclic) bond motifs is 4. The van der Waals surface area contributed by atoms with Gasteiger partial charge in [0.2, 0.25) is 11.8 Å². The number of rotatable bonds is 5. The van der Waals surface area contributed by atoms with Gasteiger partial charge in [-0.1, -0.05) is 11.6 Å². The van der Waals surface area contributed by atoms with Gasteiger partial charge in [-0.15, -0.1) is 11.3 Å². The maximum atomic E-state index is 12.7. The molecular weight excluding hydrogens is 336 g/mol. The van der Waals surface area contributed by atoms with E-state index in [1.54, 1.807) is 0 Å². The van der Waals surface area contributed by atoms with Crippen LogP contribution in [0.4, 0.5) is 5.13 Å². The molecule has 2 N–H and O–H groups in total. The quantitative estimate of drug-likeness (QED) is 0.813. The van der Waals surface area contributed by atoms with Crippen molar-refractivity contribution in [2.45, 2.75) is 45.6 Å². The summed E-state index contributed by atoms with van der Waals surface area (Å²) < 4.78 is 0. The summed E-state index contributed by atoms with van der Waals surface area (Å²) in [7, 11) is 0. The molecule has 1 aromatic heterocycles. The van der Waals surface area contributed by atoms with Gasteiger partial charge in [0.15, 0.2) is 5.13 Å². The van der Waals surface area contributed by atoms with Crippen molar-refractivity contribution >= 4 is 28.3 Å². The summed E-state index contributed by atoms with van der Waals surface area (Å²) in [6, 6.07) is 0.140. The molecule has 0 saturated carbocycles. The van der Waals surface area contributed by atoms with Gasteiger partial charge < -0.3 is 15.5 Å². The summed E-state index contributed by atoms with van der Waals surface area (Å²) in [5.41, 5.74) is 7.72. The van der Waals surface area contributed by atoms with E-state index in [2.05, 4.69) is 11.1 Å². The van der Waals surface area contributed by atoms with Crippen molar-refractivity contribution in [3.05, 3.63) is 22.7 Å². The molecule has 0 radical (unpaired) electrons. The van der Waals surface area contributed by atoms with E-state index in [1.165, 1.54) is 16.9 Å². The first-order valence-corrected chi connectivity index (χ1v) is 9.73. The predicted octanol–water partition coefficient (Wildman–Crippen LogP) is 2.07. The minimum atomic E-state index is -0.0526. The molecule has 0 unspecified atom stereocenters. The summed E-state index contributed by atoms with van der Waals surface area (Å²) in [6.07, 6.45) is 5.00. The van der Waals surface area contributed by atoms with Gasteiger partial charge in [-0.05, 0) is 33.1 Å². The Morgan fingerprint density at radius 3 is 2.88 bits per heavy atom. The number of hydrogen-bond donors (Lipinski definition) is 1. The highest BCUT2D eigenvalue weighted by Crippen LogP contribution is 2.29. The van der Waals surface area contributed by atoms with Crippen molar-refractivity contribution in [1.29, 1.82) is 0 Å². The minimum absolute atomic E-state index is 0.0526. The van der Waals surface area contributed by atoms with Crippen molar-refractivity contribution < 1.29 is 9.59 Å². The first kappa shape index (κ1) is 17.9. The number of amides is 2. The maximum Gasteiger partial charge on any atom is 0.228 e. The molecule has 3 aliphatic rings. The third-order valence-corrected chi connectivity index (χ3v) is 5.73. The zero-order valence-corrected chi connectivity index (χ0v) is 15.7. The highest BCUT2D eigenvalue weighted by molar-refractivity contribution is 7.13. The lowest BCUT2D eigenvalue weighted by Gasteiger charge is -2.35. The Morgan fingerprint density at radius 2 is 2.20 bits per heavy atom. The number of nitrogens with zero attached hydrogens (tertiary/aromatic N) is 3. The molecule has 0 spiro atoms. The van der Waals surface area contributed by atoms with E-state index < -0.39 is 0 Å². The summed E-state index contributed by atoms with van der Waals surface area (Å²) in [5, 5.41) is 2.44. The largest absolute Gasteiger partial charge is 0.375 e. The van der Waals surface area contributed by atoms with Crippen molar-refractivity contribution in [3.8, 4) is 0 Å². The van der Waals surface area contributed by atoms with Crippen LogP contribution in [0.25, 0.3) is 0 Å². The van der Waals surface area contributed by atoms with E-state index >= 15 is 0 Å². The minimum Gasteiger partial charge on any atom is -0.375 e. The zero-order chi connectivity index (χ0) is 18.0. The second-order valence-electron chi connectivity index (χ2n) is 7.18. The Labute approximate surface area is 152 Å². The molecule has 3 saturated heterocycles. The Hall–Kier alpha value is -1.89. The monoisotopic (exact) mass is 362 g/mol. The average molecular weight is 362 g/mol. The number of hydrogen-bond acceptors (Lipinski definition) is 5. The summed E-state index contributed by atoms with van der Waals surface area (Å²) in [4.78, 5) is 33.4. The third kappa shape index (κ3) is 4.21. The van der Waals surface area contributed by atoms with Crippen molar-refractivity contribution in [2.24, 2.45) is 5.92 Å². The second-order valence-corrected chi connectivity index (χ2v) is 8.07. The van der Waals surface area contributed by atoms with Gasteiger partial charge >= 0.3 is 0 Å². The van der Waals surface area contributed by atoms with Crippen LogP contribution in [-0.4, -0.2) is 52.3 Å². The normalized spacial score (nSPS) is 22.9. The summed E-state index contributed by atoms with van der Waals surface area (Å²) in [5.74, 6) is 0.264. The Balaban J connectivity index is 1.63. The number of carbonyl (C=O) groups is 2. The molecule has 136 valence electrons. The van der Waals surface area contributed by atoms with Crippen LogP contribution < -0.4 is 5.73 Å². The van der Waals surface area contributed by atoms with Gasteiger partial charge in [-0.3, -0.25) is 9.59 Å². The van der Waals surface area contributed by atoms with Gasteiger partial charge in [0.05, 0.1) is 11.6 Å². The number of piperidine rings is 1. The number of aryl methyl sites for hydroxylation is 1. The van der Waals surface area contributed by atoms with Crippen LogP contribution in [-0.2, 0) is 16.0 Å². The zero-order valence-electron chi connectivity index (χ0n) is 14.9. The lowest BCUT2D eigenvalue weighted by atomic mass is 9.94. The molecule has 1 aromatic rings. The summed E-state index contributed by atoms with van der Waals surface area (Å²) in [6.45, 7) is 5.95. The van der Waals surface area contributed by atoms with Crippen molar-refractivity contribution in [2.75, 3.05) is 25.4 Å². The average Bonchev–Trinajstić information content (AvgIpc) is 2.80. The fraction of sp³-hybridized carbons (Fsp3) is 0.611. The lowest BCUT2D eigenvalue weighted by molar-refractivity contribution is -0.139. The van der Waals surface area contributed by atoms with E-state index in [-0.39, 0.29) is 23.8 Å². The topological polar surface area (TPSA) is 79.5 Å². The molecule has 0 aromatic carbocycles. The third-order valence-electron chi connectivity index (χ3n) is 5.01. The first-order valence-electron chi connectivity index (χ1n) is 8.85. The number of anilines is 1. The van der Waals surface area contributed by atoms with E-state index in [9.17, 15) is 9.59 Å².